The van der Waals surface area contributed by atoms with Crippen molar-refractivity contribution in [3.05, 3.63) is 23.9 Å². The van der Waals surface area contributed by atoms with Crippen LogP contribution in [0.4, 0.5) is 5.82 Å². The van der Waals surface area contributed by atoms with Gasteiger partial charge in [-0.25, -0.2) is 10.8 Å². The van der Waals surface area contributed by atoms with Crippen molar-refractivity contribution >= 4 is 11.7 Å². The average molecular weight is 236 g/mol. The number of amides is 1. The molecule has 0 aliphatic heterocycles. The van der Waals surface area contributed by atoms with E-state index in [0.29, 0.717) is 17.3 Å². The average Bonchev–Trinajstić information content (AvgIpc) is 2.27. The Kier molecular flexibility index (Phi) is 4.90. The molecule has 0 saturated carbocycles. The van der Waals surface area contributed by atoms with Crippen LogP contribution in [-0.4, -0.2) is 16.9 Å². The first-order chi connectivity index (χ1) is 8.02. The van der Waals surface area contributed by atoms with E-state index in [9.17, 15) is 4.79 Å². The predicted octanol–water partition coefficient (Wildman–Crippen LogP) is 1.53. The quantitative estimate of drug-likeness (QED) is 0.535. The van der Waals surface area contributed by atoms with Crippen LogP contribution < -0.4 is 16.6 Å². The minimum absolute atomic E-state index is 0.1000. The van der Waals surface area contributed by atoms with Crippen LogP contribution in [0.1, 0.15) is 37.6 Å². The van der Waals surface area contributed by atoms with Gasteiger partial charge in [0, 0.05) is 17.8 Å². The first kappa shape index (κ1) is 13.4. The van der Waals surface area contributed by atoms with Crippen LogP contribution in [0.5, 0.6) is 0 Å². The molecule has 0 aliphatic rings. The summed E-state index contributed by atoms with van der Waals surface area (Å²) in [5.41, 5.74) is 2.98. The first-order valence-electron chi connectivity index (χ1n) is 5.76. The maximum Gasteiger partial charge on any atom is 0.251 e. The number of nitrogens with two attached hydrogens (primary N) is 1. The van der Waals surface area contributed by atoms with Gasteiger partial charge in [-0.15, -0.1) is 0 Å². The number of nitrogens with zero attached hydrogens (tertiary/aromatic N) is 1. The van der Waals surface area contributed by atoms with Crippen LogP contribution in [0.15, 0.2) is 18.3 Å². The second-order valence-electron chi connectivity index (χ2n) is 4.58. The maximum atomic E-state index is 11.9. The number of anilines is 1. The Morgan fingerprint density at radius 2 is 2.18 bits per heavy atom. The van der Waals surface area contributed by atoms with Crippen LogP contribution >= 0.6 is 0 Å². The summed E-state index contributed by atoms with van der Waals surface area (Å²) in [5, 5.41) is 2.94. The molecule has 1 aromatic rings. The lowest BCUT2D eigenvalue weighted by atomic mass is 10.0. The van der Waals surface area contributed by atoms with E-state index in [1.807, 2.05) is 6.92 Å². The van der Waals surface area contributed by atoms with Gasteiger partial charge in [-0.05, 0) is 31.4 Å². The van der Waals surface area contributed by atoms with Crippen LogP contribution in [0.25, 0.3) is 0 Å². The molecule has 0 saturated heterocycles. The molecule has 0 spiro atoms. The van der Waals surface area contributed by atoms with Gasteiger partial charge in [-0.1, -0.05) is 13.8 Å². The molecule has 1 rings (SSSR count). The van der Waals surface area contributed by atoms with Crippen molar-refractivity contribution in [1.29, 1.82) is 0 Å². The topological polar surface area (TPSA) is 80.0 Å². The molecule has 0 fully saturated rings. The van der Waals surface area contributed by atoms with E-state index >= 15 is 0 Å². The van der Waals surface area contributed by atoms with Crippen molar-refractivity contribution in [2.45, 2.75) is 33.2 Å². The molecule has 5 heteroatoms. The molecule has 0 radical (unpaired) electrons. The fourth-order valence-electron chi connectivity index (χ4n) is 1.72. The lowest BCUT2D eigenvalue weighted by Gasteiger charge is -2.16. The number of hydrogen-bond donors (Lipinski definition) is 3. The van der Waals surface area contributed by atoms with Crippen LogP contribution in [0, 0.1) is 5.92 Å². The van der Waals surface area contributed by atoms with Crippen molar-refractivity contribution in [2.75, 3.05) is 5.43 Å². The van der Waals surface area contributed by atoms with Crippen molar-refractivity contribution in [2.24, 2.45) is 11.8 Å². The van der Waals surface area contributed by atoms with E-state index in [4.69, 9.17) is 5.84 Å². The van der Waals surface area contributed by atoms with Gasteiger partial charge in [0.25, 0.3) is 5.91 Å². The predicted molar refractivity (Wildman–Crippen MR) is 68.4 cm³/mol. The summed E-state index contributed by atoms with van der Waals surface area (Å²) < 4.78 is 0. The minimum atomic E-state index is -0.1000. The Labute approximate surface area is 102 Å². The molecule has 1 heterocycles. The Bertz CT molecular complexity index is 379. The molecule has 4 N–H and O–H groups in total. The summed E-state index contributed by atoms with van der Waals surface area (Å²) in [7, 11) is 0. The summed E-state index contributed by atoms with van der Waals surface area (Å²) in [4.78, 5) is 15.8. The number of nitrogens with one attached hydrogen (secondary N) is 2. The summed E-state index contributed by atoms with van der Waals surface area (Å²) in [6.45, 7) is 6.26. The zero-order chi connectivity index (χ0) is 12.8. The number of hydrogen-bond acceptors (Lipinski definition) is 4. The van der Waals surface area contributed by atoms with E-state index < -0.39 is 0 Å². The van der Waals surface area contributed by atoms with E-state index in [0.717, 1.165) is 6.42 Å². The summed E-state index contributed by atoms with van der Waals surface area (Å²) in [6.07, 6.45) is 2.51. The number of rotatable bonds is 5. The lowest BCUT2D eigenvalue weighted by Crippen LogP contribution is -2.33. The summed E-state index contributed by atoms with van der Waals surface area (Å²) >= 11 is 0. The summed E-state index contributed by atoms with van der Waals surface area (Å²) in [5.74, 6) is 6.18. The van der Waals surface area contributed by atoms with Gasteiger partial charge < -0.3 is 10.7 Å². The molecule has 0 bridgehead atoms. The normalized spacial score (nSPS) is 12.3. The molecule has 1 unspecified atom stereocenters. The van der Waals surface area contributed by atoms with Gasteiger partial charge in [0.2, 0.25) is 0 Å². The standard InChI is InChI=1S/C12H20N4O/c1-8(2)6-9(3)15-12(17)10-4-5-14-11(7-10)16-13/h4-5,7-9H,6,13H2,1-3H3,(H,14,16)(H,15,17). The van der Waals surface area contributed by atoms with E-state index in [1.54, 1.807) is 18.3 Å². The molecule has 1 amide bonds. The minimum Gasteiger partial charge on any atom is -0.350 e. The second kappa shape index (κ2) is 6.20. The van der Waals surface area contributed by atoms with Crippen LogP contribution in [-0.2, 0) is 0 Å². The van der Waals surface area contributed by atoms with Gasteiger partial charge in [-0.2, -0.15) is 0 Å². The van der Waals surface area contributed by atoms with Crippen LogP contribution in [0.2, 0.25) is 0 Å². The summed E-state index contributed by atoms with van der Waals surface area (Å²) in [6, 6.07) is 3.44. The van der Waals surface area contributed by atoms with Gasteiger partial charge in [-0.3, -0.25) is 4.79 Å². The number of nitrogen functional groups attached to an aromatic ring is 1. The molecule has 94 valence electrons. The van der Waals surface area contributed by atoms with Gasteiger partial charge >= 0.3 is 0 Å². The molecular weight excluding hydrogens is 216 g/mol. The lowest BCUT2D eigenvalue weighted by molar-refractivity contribution is 0.0936. The fraction of sp³-hybridized carbons (Fsp3) is 0.500. The zero-order valence-corrected chi connectivity index (χ0v) is 10.5. The third-order valence-electron chi connectivity index (χ3n) is 2.37. The third-order valence-corrected chi connectivity index (χ3v) is 2.37. The molecule has 1 atom stereocenters. The Hall–Kier alpha value is -1.62. The number of hydrazine groups is 1. The molecule has 17 heavy (non-hydrogen) atoms. The Morgan fingerprint density at radius 3 is 2.76 bits per heavy atom. The number of aromatic nitrogens is 1. The second-order valence-corrected chi connectivity index (χ2v) is 4.58. The van der Waals surface area contributed by atoms with Crippen LogP contribution in [0.3, 0.4) is 0 Å². The Morgan fingerprint density at radius 1 is 1.47 bits per heavy atom. The molecule has 1 aromatic heterocycles. The molecule has 5 nitrogen and oxygen atoms in total. The smallest absolute Gasteiger partial charge is 0.251 e. The monoisotopic (exact) mass is 236 g/mol. The van der Waals surface area contributed by atoms with Crippen molar-refractivity contribution in [3.8, 4) is 0 Å². The number of pyridine rings is 1. The third kappa shape index (κ3) is 4.40. The fourth-order valence-corrected chi connectivity index (χ4v) is 1.72. The molecular formula is C12H20N4O. The number of carbonyl (C=O) groups is 1. The van der Waals surface area contributed by atoms with E-state index in [-0.39, 0.29) is 11.9 Å². The highest BCUT2D eigenvalue weighted by Crippen LogP contribution is 2.08. The van der Waals surface area contributed by atoms with Crippen molar-refractivity contribution in [3.63, 3.8) is 0 Å². The van der Waals surface area contributed by atoms with Gasteiger partial charge in [0.15, 0.2) is 0 Å². The largest absolute Gasteiger partial charge is 0.350 e. The van der Waals surface area contributed by atoms with Crippen molar-refractivity contribution in [1.82, 2.24) is 10.3 Å². The Balaban J connectivity index is 2.63. The highest BCUT2D eigenvalue weighted by atomic mass is 16.1. The highest BCUT2D eigenvalue weighted by Gasteiger charge is 2.11. The zero-order valence-electron chi connectivity index (χ0n) is 10.5. The SMILES string of the molecule is CC(C)CC(C)NC(=O)c1ccnc(NN)c1. The van der Waals surface area contributed by atoms with E-state index in [1.165, 1.54) is 0 Å². The number of carbonyl (C=O) groups excluding carboxylic acids is 1. The van der Waals surface area contributed by atoms with Crippen molar-refractivity contribution < 1.29 is 4.79 Å². The van der Waals surface area contributed by atoms with Gasteiger partial charge in [0.05, 0.1) is 0 Å². The highest BCUT2D eigenvalue weighted by molar-refractivity contribution is 5.94. The van der Waals surface area contributed by atoms with Gasteiger partial charge in [0.1, 0.15) is 5.82 Å². The van der Waals surface area contributed by atoms with E-state index in [2.05, 4.69) is 29.6 Å². The molecule has 0 aliphatic carbocycles. The maximum absolute atomic E-state index is 11.9. The molecule has 0 aromatic carbocycles. The first-order valence-corrected chi connectivity index (χ1v) is 5.76.